The Bertz CT molecular complexity index is 1190. The number of hydrazone groups is 1. The summed E-state index contributed by atoms with van der Waals surface area (Å²) < 4.78 is 18.0. The number of benzene rings is 1. The lowest BCUT2D eigenvalue weighted by Crippen LogP contribution is -2.37. The van der Waals surface area contributed by atoms with E-state index in [-0.39, 0.29) is 22.2 Å². The van der Waals surface area contributed by atoms with Crippen LogP contribution in [0.1, 0.15) is 25.8 Å². The molecule has 0 spiro atoms. The van der Waals surface area contributed by atoms with Crippen molar-refractivity contribution in [3.05, 3.63) is 55.4 Å². The third kappa shape index (κ3) is 3.95. The number of nitrogens with one attached hydrogen (secondary N) is 1. The second-order valence-corrected chi connectivity index (χ2v) is 7.56. The lowest BCUT2D eigenvalue weighted by atomic mass is 10.1. The number of rotatable bonds is 6. The normalized spacial score (nSPS) is 11.8. The van der Waals surface area contributed by atoms with Crippen LogP contribution < -0.4 is 16.7 Å². The Morgan fingerprint density at radius 2 is 2.00 bits per heavy atom. The molecule has 0 bridgehead atoms. The minimum absolute atomic E-state index is 0.134. The Labute approximate surface area is 171 Å². The molecule has 0 fully saturated rings. The fourth-order valence-electron chi connectivity index (χ4n) is 2.93. The van der Waals surface area contributed by atoms with Crippen molar-refractivity contribution in [3.63, 3.8) is 0 Å². The van der Waals surface area contributed by atoms with Gasteiger partial charge < -0.3 is 4.57 Å². The van der Waals surface area contributed by atoms with E-state index in [0.29, 0.717) is 18.0 Å². The van der Waals surface area contributed by atoms with Gasteiger partial charge in [0.2, 0.25) is 5.95 Å². The SMILES string of the molecule is CC(C)CCn1c(N/N=C\c2c(F)cccc2Cl)nc2c1c(=O)n(C)c(=O)n2C. The van der Waals surface area contributed by atoms with E-state index >= 15 is 0 Å². The van der Waals surface area contributed by atoms with Crippen LogP contribution >= 0.6 is 11.6 Å². The first-order chi connectivity index (χ1) is 13.7. The Morgan fingerprint density at radius 3 is 2.66 bits per heavy atom. The number of aromatic nitrogens is 4. The number of halogens is 2. The molecule has 0 aliphatic carbocycles. The zero-order valence-electron chi connectivity index (χ0n) is 16.6. The fraction of sp³-hybridized carbons (Fsp3) is 0.368. The van der Waals surface area contributed by atoms with E-state index < -0.39 is 17.1 Å². The number of fused-ring (bicyclic) bond motifs is 1. The molecular weight excluding hydrogens is 399 g/mol. The number of anilines is 1. The van der Waals surface area contributed by atoms with Crippen LogP contribution in [0, 0.1) is 11.7 Å². The molecule has 2 aromatic heterocycles. The zero-order chi connectivity index (χ0) is 21.3. The smallest absolute Gasteiger partial charge is 0.303 e. The van der Waals surface area contributed by atoms with Gasteiger partial charge in [-0.1, -0.05) is 31.5 Å². The quantitative estimate of drug-likeness (QED) is 0.490. The molecule has 1 N–H and O–H groups in total. The van der Waals surface area contributed by atoms with Crippen molar-refractivity contribution in [1.82, 2.24) is 18.7 Å². The van der Waals surface area contributed by atoms with E-state index in [1.165, 1.54) is 30.0 Å². The Hall–Kier alpha value is -2.94. The molecule has 8 nitrogen and oxygen atoms in total. The van der Waals surface area contributed by atoms with Crippen LogP contribution in [0.3, 0.4) is 0 Å². The van der Waals surface area contributed by atoms with Gasteiger partial charge in [-0.2, -0.15) is 10.1 Å². The molecule has 3 aromatic rings. The summed E-state index contributed by atoms with van der Waals surface area (Å²) >= 11 is 6.01. The molecule has 1 aromatic carbocycles. The highest BCUT2D eigenvalue weighted by Gasteiger charge is 2.19. The molecule has 0 saturated heterocycles. The second kappa shape index (κ2) is 8.20. The van der Waals surface area contributed by atoms with E-state index in [0.717, 1.165) is 11.0 Å². The van der Waals surface area contributed by atoms with Gasteiger partial charge in [-0.05, 0) is 24.5 Å². The molecule has 0 amide bonds. The van der Waals surface area contributed by atoms with Gasteiger partial charge in [0.05, 0.1) is 11.2 Å². The number of imidazole rings is 1. The average Bonchev–Trinajstić information content (AvgIpc) is 3.04. The van der Waals surface area contributed by atoms with E-state index in [2.05, 4.69) is 29.4 Å². The van der Waals surface area contributed by atoms with Gasteiger partial charge in [0, 0.05) is 26.2 Å². The summed E-state index contributed by atoms with van der Waals surface area (Å²) in [7, 11) is 2.98. The summed E-state index contributed by atoms with van der Waals surface area (Å²) in [4.78, 5) is 29.3. The summed E-state index contributed by atoms with van der Waals surface area (Å²) in [6.07, 6.45) is 2.04. The van der Waals surface area contributed by atoms with Crippen molar-refractivity contribution in [2.24, 2.45) is 25.1 Å². The summed E-state index contributed by atoms with van der Waals surface area (Å²) in [6, 6.07) is 4.35. The van der Waals surface area contributed by atoms with E-state index in [1.807, 2.05) is 0 Å². The molecule has 29 heavy (non-hydrogen) atoms. The number of nitrogens with zero attached hydrogens (tertiary/aromatic N) is 5. The number of hydrogen-bond acceptors (Lipinski definition) is 5. The third-order valence-electron chi connectivity index (χ3n) is 4.64. The molecule has 0 saturated carbocycles. The number of hydrogen-bond donors (Lipinski definition) is 1. The van der Waals surface area contributed by atoms with Gasteiger partial charge in [0.25, 0.3) is 5.56 Å². The first kappa shape index (κ1) is 20.8. The summed E-state index contributed by atoms with van der Waals surface area (Å²) in [5.41, 5.74) is 2.54. The molecule has 10 heteroatoms. The molecule has 0 aliphatic heterocycles. The molecular formula is C19H22ClFN6O2. The number of aryl methyl sites for hydroxylation is 2. The van der Waals surface area contributed by atoms with Crippen molar-refractivity contribution >= 4 is 34.9 Å². The molecule has 0 aliphatic rings. The molecule has 2 heterocycles. The van der Waals surface area contributed by atoms with Crippen molar-refractivity contribution < 1.29 is 4.39 Å². The van der Waals surface area contributed by atoms with Gasteiger partial charge >= 0.3 is 5.69 Å². The summed E-state index contributed by atoms with van der Waals surface area (Å²) in [5.74, 6) is 0.160. The maximum absolute atomic E-state index is 13.9. The maximum Gasteiger partial charge on any atom is 0.332 e. The van der Waals surface area contributed by atoms with Crippen molar-refractivity contribution in [3.8, 4) is 0 Å². The minimum atomic E-state index is -0.507. The highest BCUT2D eigenvalue weighted by atomic mass is 35.5. The Kier molecular flexibility index (Phi) is 5.88. The first-order valence-corrected chi connectivity index (χ1v) is 9.49. The van der Waals surface area contributed by atoms with Gasteiger partial charge in [0.1, 0.15) is 5.82 Å². The van der Waals surface area contributed by atoms with Crippen LogP contribution in [0.15, 0.2) is 32.9 Å². The van der Waals surface area contributed by atoms with Crippen molar-refractivity contribution in [1.29, 1.82) is 0 Å². The molecule has 0 radical (unpaired) electrons. The maximum atomic E-state index is 13.9. The molecule has 0 atom stereocenters. The molecule has 154 valence electrons. The van der Waals surface area contributed by atoms with Gasteiger partial charge in [-0.3, -0.25) is 13.9 Å². The van der Waals surface area contributed by atoms with Crippen LogP contribution in [0.2, 0.25) is 5.02 Å². The molecule has 0 unspecified atom stereocenters. The lowest BCUT2D eigenvalue weighted by Gasteiger charge is -2.10. The van der Waals surface area contributed by atoms with Crippen LogP contribution in [-0.2, 0) is 20.6 Å². The highest BCUT2D eigenvalue weighted by Crippen LogP contribution is 2.19. The Morgan fingerprint density at radius 1 is 1.28 bits per heavy atom. The van der Waals surface area contributed by atoms with Gasteiger partial charge in [-0.15, -0.1) is 0 Å². The van der Waals surface area contributed by atoms with Gasteiger partial charge in [-0.25, -0.2) is 14.6 Å². The largest absolute Gasteiger partial charge is 0.332 e. The summed E-state index contributed by atoms with van der Waals surface area (Å²) in [5, 5.41) is 4.26. The van der Waals surface area contributed by atoms with Crippen molar-refractivity contribution in [2.75, 3.05) is 5.43 Å². The van der Waals surface area contributed by atoms with Crippen LogP contribution in [0.5, 0.6) is 0 Å². The minimum Gasteiger partial charge on any atom is -0.303 e. The topological polar surface area (TPSA) is 86.2 Å². The Balaban J connectivity index is 2.09. The van der Waals surface area contributed by atoms with E-state index in [9.17, 15) is 14.0 Å². The van der Waals surface area contributed by atoms with Crippen molar-refractivity contribution in [2.45, 2.75) is 26.8 Å². The molecule has 3 rings (SSSR count). The van der Waals surface area contributed by atoms with Crippen LogP contribution in [0.4, 0.5) is 10.3 Å². The predicted octanol–water partition coefficient (Wildman–Crippen LogP) is 2.72. The van der Waals surface area contributed by atoms with Crippen LogP contribution in [0.25, 0.3) is 11.2 Å². The third-order valence-corrected chi connectivity index (χ3v) is 4.97. The predicted molar refractivity (Wildman–Crippen MR) is 112 cm³/mol. The zero-order valence-corrected chi connectivity index (χ0v) is 17.4. The lowest BCUT2D eigenvalue weighted by molar-refractivity contribution is 0.524. The van der Waals surface area contributed by atoms with E-state index in [1.54, 1.807) is 17.7 Å². The summed E-state index contributed by atoms with van der Waals surface area (Å²) in [6.45, 7) is 4.64. The fourth-order valence-corrected chi connectivity index (χ4v) is 3.14. The standard InChI is InChI=1S/C19H22ClFN6O2/c1-11(2)8-9-27-15-16(25(3)19(29)26(4)17(15)28)23-18(27)24-22-10-12-13(20)6-5-7-14(12)21/h5-7,10-11H,8-9H2,1-4H3,(H,23,24)/b22-10-. The second-order valence-electron chi connectivity index (χ2n) is 7.15. The van der Waals surface area contributed by atoms with Crippen LogP contribution in [-0.4, -0.2) is 24.9 Å². The van der Waals surface area contributed by atoms with E-state index in [4.69, 9.17) is 11.6 Å². The van der Waals surface area contributed by atoms with Gasteiger partial charge in [0.15, 0.2) is 11.2 Å². The monoisotopic (exact) mass is 420 g/mol. The average molecular weight is 421 g/mol. The first-order valence-electron chi connectivity index (χ1n) is 9.11. The highest BCUT2D eigenvalue weighted by molar-refractivity contribution is 6.33.